The van der Waals surface area contributed by atoms with Crippen molar-refractivity contribution in [3.8, 4) is 16.9 Å². The average molecular weight is 421 g/mol. The Bertz CT molecular complexity index is 1430. The maximum atomic E-state index is 13.4. The lowest BCUT2D eigenvalue weighted by molar-refractivity contribution is -0.114. The number of hydrogen-bond acceptors (Lipinski definition) is 3. The van der Waals surface area contributed by atoms with E-state index in [1.165, 1.54) is 15.7 Å². The summed E-state index contributed by atoms with van der Waals surface area (Å²) >= 11 is 0. The Balaban J connectivity index is 1.74. The van der Waals surface area contributed by atoms with Crippen LogP contribution in [0.5, 0.6) is 0 Å². The maximum absolute atomic E-state index is 13.4. The fraction of sp³-hybridized carbons (Fsp3) is 0.0385. The van der Waals surface area contributed by atoms with Gasteiger partial charge < -0.3 is 4.90 Å². The van der Waals surface area contributed by atoms with Crippen molar-refractivity contribution in [1.29, 1.82) is 0 Å². The van der Waals surface area contributed by atoms with Crippen molar-refractivity contribution >= 4 is 23.5 Å². The first kappa shape index (κ1) is 19.5. The van der Waals surface area contributed by atoms with Crippen molar-refractivity contribution in [2.24, 2.45) is 0 Å². The van der Waals surface area contributed by atoms with Crippen molar-refractivity contribution in [3.05, 3.63) is 112 Å². The van der Waals surface area contributed by atoms with Crippen LogP contribution in [0.3, 0.4) is 0 Å². The fourth-order valence-corrected chi connectivity index (χ4v) is 3.93. The third kappa shape index (κ3) is 3.09. The number of fused-ring (bicyclic) bond motifs is 1. The first-order chi connectivity index (χ1) is 15.6. The highest BCUT2D eigenvalue weighted by Crippen LogP contribution is 2.31. The molecule has 156 valence electrons. The molecule has 1 aliphatic rings. The van der Waals surface area contributed by atoms with Gasteiger partial charge in [-0.05, 0) is 30.3 Å². The topological polar surface area (TPSA) is 75.2 Å². The molecule has 0 saturated heterocycles. The van der Waals surface area contributed by atoms with E-state index >= 15 is 0 Å². The zero-order chi connectivity index (χ0) is 22.2. The van der Waals surface area contributed by atoms with E-state index < -0.39 is 11.7 Å². The van der Waals surface area contributed by atoms with Gasteiger partial charge in [-0.3, -0.25) is 19.5 Å². The molecule has 1 aromatic heterocycles. The number of carbonyl (C=O) groups is 2. The van der Waals surface area contributed by atoms with Crippen LogP contribution in [0.25, 0.3) is 23.0 Å². The molecule has 0 fully saturated rings. The second-order valence-corrected chi connectivity index (χ2v) is 7.51. The highest BCUT2D eigenvalue weighted by atomic mass is 16.2. The number of anilines is 1. The number of benzene rings is 3. The maximum Gasteiger partial charge on any atom is 0.279 e. The molecule has 2 heterocycles. The number of amides is 1. The van der Waals surface area contributed by atoms with Crippen molar-refractivity contribution in [1.82, 2.24) is 9.78 Å². The van der Waals surface area contributed by atoms with Gasteiger partial charge in [0, 0.05) is 18.2 Å². The van der Waals surface area contributed by atoms with E-state index in [-0.39, 0.29) is 16.7 Å². The lowest BCUT2D eigenvalue weighted by Gasteiger charge is -2.26. The van der Waals surface area contributed by atoms with Crippen LogP contribution in [0, 0.1) is 0 Å². The minimum atomic E-state index is -0.445. The Morgan fingerprint density at radius 3 is 2.12 bits per heavy atom. The number of hydrogen-bond donors (Lipinski definition) is 1. The van der Waals surface area contributed by atoms with Gasteiger partial charge in [0.05, 0.1) is 28.2 Å². The molecule has 4 aromatic rings. The molecule has 0 atom stereocenters. The average Bonchev–Trinajstić information content (AvgIpc) is 3.17. The number of nitrogens with one attached hydrogen (secondary N) is 1. The minimum Gasteiger partial charge on any atom is -0.311 e. The number of aromatic nitrogens is 2. The molecule has 0 spiro atoms. The number of nitrogens with zero attached hydrogens (tertiary/aromatic N) is 2. The van der Waals surface area contributed by atoms with Crippen LogP contribution in [0.15, 0.2) is 95.3 Å². The van der Waals surface area contributed by atoms with Crippen molar-refractivity contribution in [3.63, 3.8) is 0 Å². The van der Waals surface area contributed by atoms with Crippen LogP contribution in [0.1, 0.15) is 15.9 Å². The molecule has 1 amide bonds. The Kier molecular flexibility index (Phi) is 4.67. The van der Waals surface area contributed by atoms with Gasteiger partial charge in [-0.25, -0.2) is 4.68 Å². The van der Waals surface area contributed by atoms with E-state index in [9.17, 15) is 14.4 Å². The minimum absolute atomic E-state index is 0.0420. The molecule has 1 N–H and O–H groups in total. The SMILES string of the molecule is CN1C(=O)/C(=C\c2c(-c3ccccc3)[nH]n(-c3ccccc3)c2=O)C(=O)c2ccccc21. The second-order valence-electron chi connectivity index (χ2n) is 7.51. The third-order valence-corrected chi connectivity index (χ3v) is 5.58. The summed E-state index contributed by atoms with van der Waals surface area (Å²) < 4.78 is 1.42. The number of para-hydroxylation sites is 2. The lowest BCUT2D eigenvalue weighted by Crippen LogP contribution is -2.36. The summed E-state index contributed by atoms with van der Waals surface area (Å²) in [4.78, 5) is 41.1. The predicted octanol–water partition coefficient (Wildman–Crippen LogP) is 4.08. The molecule has 0 saturated carbocycles. The number of aromatic amines is 1. The van der Waals surface area contributed by atoms with E-state index in [2.05, 4.69) is 5.10 Å². The highest BCUT2D eigenvalue weighted by molar-refractivity contribution is 6.36. The number of Topliss-reactive ketones (excluding diaryl/α,β-unsaturated/α-hetero) is 1. The fourth-order valence-electron chi connectivity index (χ4n) is 3.93. The molecule has 5 rings (SSSR count). The second kappa shape index (κ2) is 7.67. The third-order valence-electron chi connectivity index (χ3n) is 5.58. The summed E-state index contributed by atoms with van der Waals surface area (Å²) in [7, 11) is 1.62. The number of H-pyrrole nitrogens is 1. The standard InChI is InChI=1S/C26H19N3O3/c1-28-22-15-9-8-14-19(22)24(30)21(25(28)31)16-20-23(17-10-4-2-5-11-17)27-29(26(20)32)18-12-6-3-7-13-18/h2-16,27H,1H3/b21-16-. The Morgan fingerprint density at radius 1 is 0.781 bits per heavy atom. The monoisotopic (exact) mass is 421 g/mol. The zero-order valence-electron chi connectivity index (χ0n) is 17.3. The van der Waals surface area contributed by atoms with E-state index in [1.807, 2.05) is 60.7 Å². The number of likely N-dealkylation sites (N-methyl/N-ethyl adjacent to an activating group) is 1. The van der Waals surface area contributed by atoms with Gasteiger partial charge in [-0.2, -0.15) is 0 Å². The Labute approximate surface area is 184 Å². The van der Waals surface area contributed by atoms with E-state index in [0.717, 1.165) is 5.56 Å². The van der Waals surface area contributed by atoms with Crippen molar-refractivity contribution < 1.29 is 9.59 Å². The van der Waals surface area contributed by atoms with Gasteiger partial charge in [0.1, 0.15) is 0 Å². The Morgan fingerprint density at radius 2 is 1.41 bits per heavy atom. The van der Waals surface area contributed by atoms with Gasteiger partial charge in [0.25, 0.3) is 11.5 Å². The molecule has 6 heteroatoms. The van der Waals surface area contributed by atoms with Gasteiger partial charge >= 0.3 is 0 Å². The van der Waals surface area contributed by atoms with E-state index in [4.69, 9.17) is 0 Å². The molecule has 0 bridgehead atoms. The summed E-state index contributed by atoms with van der Waals surface area (Å²) in [6, 6.07) is 25.5. The summed E-state index contributed by atoms with van der Waals surface area (Å²) in [5.41, 5.74) is 2.82. The van der Waals surface area contributed by atoms with Gasteiger partial charge in [-0.15, -0.1) is 0 Å². The molecule has 0 unspecified atom stereocenters. The molecular formula is C26H19N3O3. The quantitative estimate of drug-likeness (QED) is 0.400. The Hall–Kier alpha value is -4.45. The van der Waals surface area contributed by atoms with Crippen LogP contribution in [-0.2, 0) is 4.79 Å². The van der Waals surface area contributed by atoms with Crippen LogP contribution < -0.4 is 10.5 Å². The number of carbonyl (C=O) groups excluding carboxylic acids is 2. The van der Waals surface area contributed by atoms with Crippen molar-refractivity contribution in [2.45, 2.75) is 0 Å². The van der Waals surface area contributed by atoms with Crippen LogP contribution in [0.4, 0.5) is 5.69 Å². The van der Waals surface area contributed by atoms with Gasteiger partial charge in [0.2, 0.25) is 5.78 Å². The molecule has 0 radical (unpaired) electrons. The lowest BCUT2D eigenvalue weighted by atomic mass is 9.93. The summed E-state index contributed by atoms with van der Waals surface area (Å²) in [5, 5.41) is 3.16. The van der Waals surface area contributed by atoms with Crippen LogP contribution in [-0.4, -0.2) is 28.5 Å². The molecular weight excluding hydrogens is 402 g/mol. The predicted molar refractivity (Wildman–Crippen MR) is 124 cm³/mol. The summed E-state index contributed by atoms with van der Waals surface area (Å²) in [6.45, 7) is 0. The summed E-state index contributed by atoms with van der Waals surface area (Å²) in [5.74, 6) is -0.839. The first-order valence-corrected chi connectivity index (χ1v) is 10.2. The van der Waals surface area contributed by atoms with Crippen molar-refractivity contribution in [2.75, 3.05) is 11.9 Å². The smallest absolute Gasteiger partial charge is 0.279 e. The molecule has 3 aromatic carbocycles. The van der Waals surface area contributed by atoms with E-state index in [1.54, 1.807) is 31.3 Å². The van der Waals surface area contributed by atoms with Gasteiger partial charge in [0.15, 0.2) is 0 Å². The highest BCUT2D eigenvalue weighted by Gasteiger charge is 2.33. The molecule has 6 nitrogen and oxygen atoms in total. The van der Waals surface area contributed by atoms with Crippen LogP contribution in [0.2, 0.25) is 0 Å². The molecule has 0 aliphatic carbocycles. The largest absolute Gasteiger partial charge is 0.311 e. The number of rotatable bonds is 3. The zero-order valence-corrected chi connectivity index (χ0v) is 17.3. The van der Waals surface area contributed by atoms with E-state index in [0.29, 0.717) is 22.6 Å². The molecule has 32 heavy (non-hydrogen) atoms. The van der Waals surface area contributed by atoms with Gasteiger partial charge in [-0.1, -0.05) is 60.7 Å². The number of ketones is 1. The summed E-state index contributed by atoms with van der Waals surface area (Å²) in [6.07, 6.45) is 1.41. The first-order valence-electron chi connectivity index (χ1n) is 10.2. The molecule has 1 aliphatic heterocycles. The van der Waals surface area contributed by atoms with Crippen LogP contribution >= 0.6 is 0 Å². The normalized spacial score (nSPS) is 14.7.